The van der Waals surface area contributed by atoms with Crippen molar-refractivity contribution in [3.8, 4) is 5.75 Å². The van der Waals surface area contributed by atoms with Gasteiger partial charge in [0.15, 0.2) is 13.2 Å². The van der Waals surface area contributed by atoms with Gasteiger partial charge in [0.2, 0.25) is 0 Å². The molecule has 0 aliphatic heterocycles. The maximum absolute atomic E-state index is 11.7. The molecule has 1 aromatic carbocycles. The highest BCUT2D eigenvalue weighted by Crippen LogP contribution is 2.17. The van der Waals surface area contributed by atoms with E-state index in [0.717, 1.165) is 4.88 Å². The quantitative estimate of drug-likeness (QED) is 0.797. The van der Waals surface area contributed by atoms with E-state index in [-0.39, 0.29) is 25.2 Å². The Labute approximate surface area is 132 Å². The molecule has 0 bridgehead atoms. The fraction of sp³-hybridized carbons (Fsp3) is 0.250. The minimum atomic E-state index is -0.581. The first-order valence-corrected chi connectivity index (χ1v) is 7.69. The van der Waals surface area contributed by atoms with E-state index in [1.807, 2.05) is 30.5 Å². The number of rotatable bonds is 7. The van der Waals surface area contributed by atoms with Crippen LogP contribution in [0.5, 0.6) is 5.75 Å². The minimum absolute atomic E-state index is 0.105. The molecule has 0 radical (unpaired) electrons. The van der Waals surface area contributed by atoms with Gasteiger partial charge in [0, 0.05) is 4.88 Å². The van der Waals surface area contributed by atoms with Crippen LogP contribution in [0.15, 0.2) is 47.8 Å². The van der Waals surface area contributed by atoms with Crippen LogP contribution in [0.25, 0.3) is 0 Å². The van der Waals surface area contributed by atoms with Crippen molar-refractivity contribution >= 4 is 23.2 Å². The van der Waals surface area contributed by atoms with E-state index >= 15 is 0 Å². The van der Waals surface area contributed by atoms with E-state index in [9.17, 15) is 9.59 Å². The third-order valence-electron chi connectivity index (χ3n) is 2.81. The number of nitrogens with one attached hydrogen (secondary N) is 1. The number of amides is 1. The molecular formula is C16H17NO4S. The summed E-state index contributed by atoms with van der Waals surface area (Å²) < 4.78 is 10.1. The monoisotopic (exact) mass is 319 g/mol. The van der Waals surface area contributed by atoms with E-state index in [1.54, 1.807) is 35.6 Å². The van der Waals surface area contributed by atoms with Gasteiger partial charge >= 0.3 is 5.97 Å². The molecule has 5 nitrogen and oxygen atoms in total. The molecule has 0 saturated carbocycles. The third kappa shape index (κ3) is 5.21. The molecule has 116 valence electrons. The standard InChI is InChI=1S/C16H17NO4S/c1-12(14-8-5-9-22-14)17-15(18)10-21-16(19)11-20-13-6-3-2-4-7-13/h2-9,12H,10-11H2,1H3,(H,17,18)/t12-/m0/s1. The molecule has 1 aromatic heterocycles. The molecule has 1 amide bonds. The molecule has 1 heterocycles. The number of carbonyl (C=O) groups excluding carboxylic acids is 2. The lowest BCUT2D eigenvalue weighted by molar-refractivity contribution is -0.150. The van der Waals surface area contributed by atoms with Crippen LogP contribution in [0.4, 0.5) is 0 Å². The number of thiophene rings is 1. The summed E-state index contributed by atoms with van der Waals surface area (Å²) in [6, 6.07) is 12.7. The summed E-state index contributed by atoms with van der Waals surface area (Å²) in [7, 11) is 0. The second-order valence-corrected chi connectivity index (χ2v) is 5.55. The molecule has 6 heteroatoms. The van der Waals surface area contributed by atoms with Crippen molar-refractivity contribution in [1.82, 2.24) is 5.32 Å². The largest absolute Gasteiger partial charge is 0.482 e. The predicted molar refractivity (Wildman–Crippen MR) is 83.8 cm³/mol. The Morgan fingerprint density at radius 2 is 1.91 bits per heavy atom. The zero-order valence-electron chi connectivity index (χ0n) is 12.2. The molecule has 2 rings (SSSR count). The van der Waals surface area contributed by atoms with Gasteiger partial charge in [-0.3, -0.25) is 4.79 Å². The average Bonchev–Trinajstić information content (AvgIpc) is 3.06. The predicted octanol–water partition coefficient (Wildman–Crippen LogP) is 2.55. The van der Waals surface area contributed by atoms with Gasteiger partial charge in [0.1, 0.15) is 5.75 Å². The molecule has 1 N–H and O–H groups in total. The van der Waals surface area contributed by atoms with Gasteiger partial charge < -0.3 is 14.8 Å². The Morgan fingerprint density at radius 3 is 2.59 bits per heavy atom. The van der Waals surface area contributed by atoms with Crippen molar-refractivity contribution in [1.29, 1.82) is 0 Å². The number of benzene rings is 1. The molecule has 0 saturated heterocycles. The number of para-hydroxylation sites is 1. The summed E-state index contributed by atoms with van der Waals surface area (Å²) >= 11 is 1.56. The van der Waals surface area contributed by atoms with Crippen molar-refractivity contribution in [3.63, 3.8) is 0 Å². The van der Waals surface area contributed by atoms with E-state index in [1.165, 1.54) is 0 Å². The van der Waals surface area contributed by atoms with Crippen LogP contribution in [0, 0.1) is 0 Å². The summed E-state index contributed by atoms with van der Waals surface area (Å²) in [5.41, 5.74) is 0. The lowest BCUT2D eigenvalue weighted by atomic mass is 10.3. The average molecular weight is 319 g/mol. The smallest absolute Gasteiger partial charge is 0.344 e. The Hall–Kier alpha value is -2.34. The molecule has 1 atom stereocenters. The summed E-state index contributed by atoms with van der Waals surface area (Å²) in [5, 5.41) is 4.71. The van der Waals surface area contributed by atoms with Crippen molar-refractivity contribution in [2.45, 2.75) is 13.0 Å². The second kappa shape index (κ2) is 8.19. The van der Waals surface area contributed by atoms with Crippen LogP contribution in [-0.4, -0.2) is 25.1 Å². The van der Waals surface area contributed by atoms with Crippen molar-refractivity contribution in [2.24, 2.45) is 0 Å². The first kappa shape index (κ1) is 16.0. The fourth-order valence-corrected chi connectivity index (χ4v) is 2.47. The van der Waals surface area contributed by atoms with Gasteiger partial charge in [-0.05, 0) is 30.5 Å². The highest BCUT2D eigenvalue weighted by atomic mass is 32.1. The summed E-state index contributed by atoms with van der Waals surface area (Å²) in [5.74, 6) is -0.341. The third-order valence-corrected chi connectivity index (χ3v) is 3.87. The van der Waals surface area contributed by atoms with Gasteiger partial charge in [-0.2, -0.15) is 0 Å². The Bertz CT molecular complexity index is 598. The van der Waals surface area contributed by atoms with Gasteiger partial charge in [-0.25, -0.2) is 4.79 Å². The maximum atomic E-state index is 11.7. The lowest BCUT2D eigenvalue weighted by Crippen LogP contribution is -2.31. The second-order valence-electron chi connectivity index (χ2n) is 4.57. The highest BCUT2D eigenvalue weighted by Gasteiger charge is 2.12. The number of esters is 1. The first-order chi connectivity index (χ1) is 10.6. The summed E-state index contributed by atoms with van der Waals surface area (Å²) in [4.78, 5) is 24.3. The zero-order valence-corrected chi connectivity index (χ0v) is 13.0. The lowest BCUT2D eigenvalue weighted by Gasteiger charge is -2.12. The summed E-state index contributed by atoms with van der Waals surface area (Å²) in [6.45, 7) is 1.34. The van der Waals surface area contributed by atoms with Gasteiger partial charge in [-0.15, -0.1) is 11.3 Å². The molecule has 0 aliphatic rings. The molecule has 0 spiro atoms. The SMILES string of the molecule is C[C@H](NC(=O)COC(=O)COc1ccccc1)c1cccs1. The molecule has 0 aliphatic carbocycles. The topological polar surface area (TPSA) is 64.6 Å². The number of hydrogen-bond donors (Lipinski definition) is 1. The highest BCUT2D eigenvalue weighted by molar-refractivity contribution is 7.10. The number of ether oxygens (including phenoxy) is 2. The van der Waals surface area contributed by atoms with Crippen LogP contribution in [0.3, 0.4) is 0 Å². The summed E-state index contributed by atoms with van der Waals surface area (Å²) in [6.07, 6.45) is 0. The van der Waals surface area contributed by atoms with Gasteiger partial charge in [-0.1, -0.05) is 24.3 Å². The zero-order chi connectivity index (χ0) is 15.8. The molecule has 0 fully saturated rings. The van der Waals surface area contributed by atoms with E-state index < -0.39 is 5.97 Å². The number of hydrogen-bond acceptors (Lipinski definition) is 5. The van der Waals surface area contributed by atoms with Crippen LogP contribution < -0.4 is 10.1 Å². The van der Waals surface area contributed by atoms with Gasteiger partial charge in [0.05, 0.1) is 6.04 Å². The first-order valence-electron chi connectivity index (χ1n) is 6.81. The van der Waals surface area contributed by atoms with E-state index in [0.29, 0.717) is 5.75 Å². The number of carbonyl (C=O) groups is 2. The van der Waals surface area contributed by atoms with Crippen molar-refractivity contribution < 1.29 is 19.1 Å². The Morgan fingerprint density at radius 1 is 1.14 bits per heavy atom. The van der Waals surface area contributed by atoms with Crippen LogP contribution >= 0.6 is 11.3 Å². The fourth-order valence-electron chi connectivity index (χ4n) is 1.74. The van der Waals surface area contributed by atoms with Gasteiger partial charge in [0.25, 0.3) is 5.91 Å². The van der Waals surface area contributed by atoms with E-state index in [2.05, 4.69) is 5.32 Å². The maximum Gasteiger partial charge on any atom is 0.344 e. The van der Waals surface area contributed by atoms with Crippen LogP contribution in [0.2, 0.25) is 0 Å². The molecular weight excluding hydrogens is 302 g/mol. The minimum Gasteiger partial charge on any atom is -0.482 e. The molecule has 22 heavy (non-hydrogen) atoms. The normalized spacial score (nSPS) is 11.5. The Kier molecular flexibility index (Phi) is 5.97. The Balaban J connectivity index is 1.66. The molecule has 0 unspecified atom stereocenters. The van der Waals surface area contributed by atoms with Crippen molar-refractivity contribution in [2.75, 3.05) is 13.2 Å². The van der Waals surface area contributed by atoms with Crippen LogP contribution in [0.1, 0.15) is 17.8 Å². The van der Waals surface area contributed by atoms with Crippen molar-refractivity contribution in [3.05, 3.63) is 52.7 Å². The van der Waals surface area contributed by atoms with E-state index in [4.69, 9.17) is 9.47 Å². The molecule has 2 aromatic rings. The van der Waals surface area contributed by atoms with Crippen LogP contribution in [-0.2, 0) is 14.3 Å².